The minimum absolute atomic E-state index is 0.0299. The summed E-state index contributed by atoms with van der Waals surface area (Å²) in [6.07, 6.45) is 9.00. The number of fused-ring (bicyclic) bond motifs is 7. The zero-order valence-corrected chi connectivity index (χ0v) is 24.3. The topological polar surface area (TPSA) is 97.7 Å². The average molecular weight is 525 g/mol. The van der Waals surface area contributed by atoms with Gasteiger partial charge in [0.05, 0.1) is 18.1 Å². The van der Waals surface area contributed by atoms with Crippen molar-refractivity contribution in [3.8, 4) is 0 Å². The van der Waals surface area contributed by atoms with Gasteiger partial charge in [-0.1, -0.05) is 60.1 Å². The Hall–Kier alpha value is -2.24. The molecule has 0 saturated heterocycles. The summed E-state index contributed by atoms with van der Waals surface area (Å²) in [5, 5.41) is 9.96. The predicted octanol–water partition coefficient (Wildman–Crippen LogP) is 5.94. The van der Waals surface area contributed by atoms with Crippen LogP contribution in [0.15, 0.2) is 23.3 Å². The molecule has 5 rings (SSSR count). The molecule has 5 aliphatic rings. The molecule has 0 radical (unpaired) electrons. The molecule has 38 heavy (non-hydrogen) atoms. The Morgan fingerprint density at radius 1 is 0.947 bits per heavy atom. The van der Waals surface area contributed by atoms with E-state index < -0.39 is 22.2 Å². The summed E-state index contributed by atoms with van der Waals surface area (Å²) < 4.78 is 5.39. The van der Waals surface area contributed by atoms with Crippen LogP contribution in [0.2, 0.25) is 0 Å². The molecule has 1 unspecified atom stereocenters. The van der Waals surface area contributed by atoms with E-state index in [4.69, 9.17) is 4.74 Å². The zero-order valence-electron chi connectivity index (χ0n) is 24.3. The summed E-state index contributed by atoms with van der Waals surface area (Å²) in [6.45, 7) is 14.8. The van der Waals surface area contributed by atoms with E-state index in [-0.39, 0.29) is 57.1 Å². The second-order valence-electron chi connectivity index (χ2n) is 15.1. The van der Waals surface area contributed by atoms with Gasteiger partial charge in [0.1, 0.15) is 0 Å². The lowest BCUT2D eigenvalue weighted by Crippen LogP contribution is -2.66. The Kier molecular flexibility index (Phi) is 5.69. The maximum Gasteiger partial charge on any atom is 0.339 e. The van der Waals surface area contributed by atoms with Gasteiger partial charge in [-0.05, 0) is 79.1 Å². The van der Waals surface area contributed by atoms with Crippen LogP contribution in [0.4, 0.5) is 0 Å². The molecule has 7 atom stereocenters. The third-order valence-electron chi connectivity index (χ3n) is 12.6. The van der Waals surface area contributed by atoms with Crippen LogP contribution in [0.25, 0.3) is 0 Å². The first-order valence-corrected chi connectivity index (χ1v) is 14.3. The van der Waals surface area contributed by atoms with Gasteiger partial charge in [0.15, 0.2) is 11.6 Å². The molecule has 0 spiro atoms. The number of rotatable bonds is 2. The molecule has 0 aromatic heterocycles. The second kappa shape index (κ2) is 7.91. The Labute approximate surface area is 226 Å². The molecule has 208 valence electrons. The third-order valence-corrected chi connectivity index (χ3v) is 12.6. The van der Waals surface area contributed by atoms with Crippen molar-refractivity contribution < 1.29 is 29.0 Å². The fraction of sp³-hybridized carbons (Fsp3) is 0.750. The van der Waals surface area contributed by atoms with Gasteiger partial charge in [-0.25, -0.2) is 4.79 Å². The number of Topliss-reactive ketones (excluding diaryl/α,β-unsaturated/α-hetero) is 1. The molecule has 3 fully saturated rings. The number of carbonyl (C=O) groups is 4. The van der Waals surface area contributed by atoms with Gasteiger partial charge >= 0.3 is 11.9 Å². The van der Waals surface area contributed by atoms with Crippen molar-refractivity contribution in [2.45, 2.75) is 93.4 Å². The maximum absolute atomic E-state index is 14.4. The van der Waals surface area contributed by atoms with E-state index in [1.54, 1.807) is 6.08 Å². The summed E-state index contributed by atoms with van der Waals surface area (Å²) in [4.78, 5) is 53.2. The monoisotopic (exact) mass is 524 g/mol. The number of esters is 1. The number of ketones is 2. The minimum atomic E-state index is -1.20. The lowest BCUT2D eigenvalue weighted by atomic mass is 9.34. The second-order valence-corrected chi connectivity index (χ2v) is 15.1. The molecule has 0 bridgehead atoms. The number of carboxylic acids is 1. The van der Waals surface area contributed by atoms with Crippen LogP contribution in [-0.4, -0.2) is 35.7 Å². The van der Waals surface area contributed by atoms with Crippen LogP contribution in [0.1, 0.15) is 93.4 Å². The molecule has 1 N–H and O–H groups in total. The standard InChI is InChI=1S/C32H44O6/c1-27(2)11-13-32(26(37)38-8)14-12-31(7)23(19(32)17-27)20(33)15-22-29(5)16-18(25(35)36)24(34)28(3,4)21(29)9-10-30(22,31)6/h15-16,19,21,23H,9-14,17H2,1-8H3,(H,35,36)/t19-,21-,23?,29-,30+,31+,32-/m0/s1. The Morgan fingerprint density at radius 3 is 2.18 bits per heavy atom. The van der Waals surface area contributed by atoms with Crippen LogP contribution in [0.3, 0.4) is 0 Å². The lowest BCUT2D eigenvalue weighted by molar-refractivity contribution is -0.191. The predicted molar refractivity (Wildman–Crippen MR) is 143 cm³/mol. The van der Waals surface area contributed by atoms with Crippen molar-refractivity contribution in [2.24, 2.45) is 50.2 Å². The van der Waals surface area contributed by atoms with E-state index in [2.05, 4.69) is 27.7 Å². The smallest absolute Gasteiger partial charge is 0.339 e. The number of carbonyl (C=O) groups excluding carboxylic acids is 3. The normalized spacial score (nSPS) is 44.9. The summed E-state index contributed by atoms with van der Waals surface area (Å²) in [5.74, 6) is -2.14. The summed E-state index contributed by atoms with van der Waals surface area (Å²) in [7, 11) is 1.46. The quantitative estimate of drug-likeness (QED) is 0.355. The van der Waals surface area contributed by atoms with Crippen LogP contribution in [0, 0.1) is 50.2 Å². The van der Waals surface area contributed by atoms with E-state index in [1.807, 2.05) is 26.8 Å². The number of aliphatic carboxylic acids is 1. The van der Waals surface area contributed by atoms with Gasteiger partial charge in [0, 0.05) is 16.7 Å². The maximum atomic E-state index is 14.4. The number of allylic oxidation sites excluding steroid dienone is 3. The number of carboxylic acid groups (broad SMARTS) is 1. The van der Waals surface area contributed by atoms with Crippen molar-refractivity contribution in [2.75, 3.05) is 7.11 Å². The molecule has 0 aromatic rings. The van der Waals surface area contributed by atoms with Gasteiger partial charge in [0.25, 0.3) is 0 Å². The van der Waals surface area contributed by atoms with Crippen LogP contribution in [0.5, 0.6) is 0 Å². The van der Waals surface area contributed by atoms with E-state index in [9.17, 15) is 24.3 Å². The molecule has 0 aliphatic heterocycles. The van der Waals surface area contributed by atoms with Crippen molar-refractivity contribution in [3.05, 3.63) is 23.3 Å². The highest BCUT2D eigenvalue weighted by Gasteiger charge is 2.71. The molecular formula is C32H44O6. The fourth-order valence-electron chi connectivity index (χ4n) is 10.3. The van der Waals surface area contributed by atoms with Gasteiger partial charge < -0.3 is 9.84 Å². The third kappa shape index (κ3) is 3.18. The van der Waals surface area contributed by atoms with Crippen molar-refractivity contribution >= 4 is 23.5 Å². The molecule has 6 nitrogen and oxygen atoms in total. The molecule has 5 aliphatic carbocycles. The van der Waals surface area contributed by atoms with E-state index >= 15 is 0 Å². The molecule has 0 amide bonds. The van der Waals surface area contributed by atoms with E-state index in [0.29, 0.717) is 6.42 Å². The number of hydrogen-bond donors (Lipinski definition) is 1. The van der Waals surface area contributed by atoms with Gasteiger partial charge in [-0.3, -0.25) is 14.4 Å². The first-order chi connectivity index (χ1) is 17.4. The van der Waals surface area contributed by atoms with Gasteiger partial charge in [-0.15, -0.1) is 0 Å². The highest BCUT2D eigenvalue weighted by molar-refractivity contribution is 6.19. The molecule has 0 heterocycles. The zero-order chi connectivity index (χ0) is 28.3. The highest BCUT2D eigenvalue weighted by atomic mass is 16.5. The SMILES string of the molecule is COC(=O)[C@]12CCC(C)(C)C[C@H]1C1C(=O)C=C3[C@@]4(C)C=C(C(=O)O)C(=O)C(C)(C)[C@@H]4CC[C@@]3(C)[C@]1(C)CC2. The summed E-state index contributed by atoms with van der Waals surface area (Å²) in [6, 6.07) is 0. The molecular weight excluding hydrogens is 480 g/mol. The first kappa shape index (κ1) is 27.3. The van der Waals surface area contributed by atoms with Crippen molar-refractivity contribution in [1.82, 2.24) is 0 Å². The van der Waals surface area contributed by atoms with E-state index in [0.717, 1.165) is 44.1 Å². The highest BCUT2D eigenvalue weighted by Crippen LogP contribution is 2.74. The average Bonchev–Trinajstić information content (AvgIpc) is 2.82. The van der Waals surface area contributed by atoms with Gasteiger partial charge in [0.2, 0.25) is 0 Å². The Morgan fingerprint density at radius 2 is 1.58 bits per heavy atom. The fourth-order valence-corrected chi connectivity index (χ4v) is 10.3. The van der Waals surface area contributed by atoms with Crippen molar-refractivity contribution in [1.29, 1.82) is 0 Å². The van der Waals surface area contributed by atoms with Crippen LogP contribution < -0.4 is 0 Å². The van der Waals surface area contributed by atoms with Crippen LogP contribution in [-0.2, 0) is 23.9 Å². The van der Waals surface area contributed by atoms with E-state index in [1.165, 1.54) is 7.11 Å². The van der Waals surface area contributed by atoms with Crippen molar-refractivity contribution in [3.63, 3.8) is 0 Å². The first-order valence-electron chi connectivity index (χ1n) is 14.3. The lowest BCUT2D eigenvalue weighted by Gasteiger charge is -2.68. The minimum Gasteiger partial charge on any atom is -0.478 e. The molecule has 0 aromatic carbocycles. The number of hydrogen-bond acceptors (Lipinski definition) is 5. The largest absolute Gasteiger partial charge is 0.478 e. The summed E-state index contributed by atoms with van der Waals surface area (Å²) >= 11 is 0. The Balaban J connectivity index is 1.71. The van der Waals surface area contributed by atoms with Crippen LogP contribution >= 0.6 is 0 Å². The summed E-state index contributed by atoms with van der Waals surface area (Å²) in [5.41, 5.74) is -2.11. The molecule has 6 heteroatoms. The molecule has 3 saturated carbocycles. The number of ether oxygens (including phenoxy) is 1. The Bertz CT molecular complexity index is 1200. The number of methoxy groups -OCH3 is 1. The van der Waals surface area contributed by atoms with Gasteiger partial charge in [-0.2, -0.15) is 0 Å².